The van der Waals surface area contributed by atoms with E-state index < -0.39 is 0 Å². The predicted molar refractivity (Wildman–Crippen MR) is 70.5 cm³/mol. The molecular formula is C15H29N. The molecule has 0 aliphatic heterocycles. The Labute approximate surface area is 101 Å². The summed E-state index contributed by atoms with van der Waals surface area (Å²) in [5, 5.41) is 3.66. The van der Waals surface area contributed by atoms with Gasteiger partial charge in [-0.2, -0.15) is 0 Å². The fourth-order valence-electron chi connectivity index (χ4n) is 3.92. The van der Waals surface area contributed by atoms with Crippen molar-refractivity contribution in [2.24, 2.45) is 22.7 Å². The summed E-state index contributed by atoms with van der Waals surface area (Å²) >= 11 is 0. The minimum Gasteiger partial charge on any atom is -0.316 e. The standard InChI is InChI=1S/C15H29N/c1-12(2)10-16-11-13-9-15(13)8-6-5-7-14(15,3)4/h12-13,16H,5-11H2,1-4H3. The molecule has 2 unspecified atom stereocenters. The van der Waals surface area contributed by atoms with Gasteiger partial charge in [-0.3, -0.25) is 0 Å². The molecule has 1 N–H and O–H groups in total. The maximum absolute atomic E-state index is 3.66. The third kappa shape index (κ3) is 2.16. The van der Waals surface area contributed by atoms with Gasteiger partial charge in [-0.15, -0.1) is 0 Å². The van der Waals surface area contributed by atoms with Crippen LogP contribution in [0.4, 0.5) is 0 Å². The van der Waals surface area contributed by atoms with E-state index in [0.717, 1.165) is 17.3 Å². The second-order valence-electron chi connectivity index (χ2n) is 7.20. The molecule has 1 nitrogen and oxygen atoms in total. The van der Waals surface area contributed by atoms with Crippen LogP contribution in [0.3, 0.4) is 0 Å². The van der Waals surface area contributed by atoms with Crippen LogP contribution in [0.2, 0.25) is 0 Å². The Morgan fingerprint density at radius 1 is 1.19 bits per heavy atom. The van der Waals surface area contributed by atoms with Crippen LogP contribution in [0.5, 0.6) is 0 Å². The van der Waals surface area contributed by atoms with Crippen molar-refractivity contribution >= 4 is 0 Å². The topological polar surface area (TPSA) is 12.0 Å². The molecule has 0 amide bonds. The fraction of sp³-hybridized carbons (Fsp3) is 1.00. The second kappa shape index (κ2) is 4.33. The number of hydrogen-bond acceptors (Lipinski definition) is 1. The van der Waals surface area contributed by atoms with Gasteiger partial charge in [0.1, 0.15) is 0 Å². The van der Waals surface area contributed by atoms with Crippen LogP contribution < -0.4 is 5.32 Å². The molecule has 2 atom stereocenters. The summed E-state index contributed by atoms with van der Waals surface area (Å²) in [4.78, 5) is 0. The van der Waals surface area contributed by atoms with Crippen molar-refractivity contribution in [3.8, 4) is 0 Å². The summed E-state index contributed by atoms with van der Waals surface area (Å²) in [6.45, 7) is 12.1. The molecule has 1 spiro atoms. The van der Waals surface area contributed by atoms with Gasteiger partial charge in [0, 0.05) is 0 Å². The summed E-state index contributed by atoms with van der Waals surface area (Å²) in [5.41, 5.74) is 1.32. The molecular weight excluding hydrogens is 194 g/mol. The van der Waals surface area contributed by atoms with E-state index in [1.54, 1.807) is 0 Å². The van der Waals surface area contributed by atoms with Crippen LogP contribution in [0.1, 0.15) is 59.8 Å². The molecule has 2 aliphatic carbocycles. The molecule has 0 heterocycles. The smallest absolute Gasteiger partial charge is 0.00147 e. The summed E-state index contributed by atoms with van der Waals surface area (Å²) in [6, 6.07) is 0. The van der Waals surface area contributed by atoms with Gasteiger partial charge in [0.25, 0.3) is 0 Å². The first-order valence-electron chi connectivity index (χ1n) is 7.19. The first-order valence-corrected chi connectivity index (χ1v) is 7.19. The van der Waals surface area contributed by atoms with Crippen molar-refractivity contribution < 1.29 is 0 Å². The molecule has 0 aromatic carbocycles. The number of rotatable bonds is 4. The van der Waals surface area contributed by atoms with E-state index in [2.05, 4.69) is 33.0 Å². The third-order valence-electron chi connectivity index (χ3n) is 5.20. The van der Waals surface area contributed by atoms with Gasteiger partial charge < -0.3 is 5.32 Å². The summed E-state index contributed by atoms with van der Waals surface area (Å²) < 4.78 is 0. The van der Waals surface area contributed by atoms with Gasteiger partial charge in [0.05, 0.1) is 0 Å². The number of nitrogens with one attached hydrogen (secondary N) is 1. The molecule has 2 aliphatic rings. The highest BCUT2D eigenvalue weighted by Crippen LogP contribution is 2.69. The van der Waals surface area contributed by atoms with Crippen LogP contribution in [-0.2, 0) is 0 Å². The lowest BCUT2D eigenvalue weighted by Gasteiger charge is -2.40. The zero-order valence-corrected chi connectivity index (χ0v) is 11.6. The molecule has 2 fully saturated rings. The van der Waals surface area contributed by atoms with Crippen molar-refractivity contribution in [3.05, 3.63) is 0 Å². The van der Waals surface area contributed by atoms with Gasteiger partial charge in [-0.25, -0.2) is 0 Å². The van der Waals surface area contributed by atoms with Gasteiger partial charge in [-0.05, 0) is 55.0 Å². The van der Waals surface area contributed by atoms with E-state index in [1.165, 1.54) is 45.2 Å². The first kappa shape index (κ1) is 12.4. The molecule has 0 saturated heterocycles. The average molecular weight is 223 g/mol. The zero-order valence-electron chi connectivity index (χ0n) is 11.6. The summed E-state index contributed by atoms with van der Waals surface area (Å²) in [5.74, 6) is 1.76. The van der Waals surface area contributed by atoms with Gasteiger partial charge in [0.2, 0.25) is 0 Å². The maximum atomic E-state index is 3.66. The fourth-order valence-corrected chi connectivity index (χ4v) is 3.92. The highest BCUT2D eigenvalue weighted by Gasteiger charge is 2.61. The quantitative estimate of drug-likeness (QED) is 0.763. The molecule has 0 radical (unpaired) electrons. The molecule has 0 aromatic heterocycles. The van der Waals surface area contributed by atoms with E-state index in [0.29, 0.717) is 5.41 Å². The van der Waals surface area contributed by atoms with Crippen LogP contribution in [0.15, 0.2) is 0 Å². The van der Waals surface area contributed by atoms with Gasteiger partial charge in [-0.1, -0.05) is 40.5 Å². The average Bonchev–Trinajstić information content (AvgIpc) is 2.86. The monoisotopic (exact) mass is 223 g/mol. The molecule has 2 saturated carbocycles. The van der Waals surface area contributed by atoms with Gasteiger partial charge in [0.15, 0.2) is 0 Å². The lowest BCUT2D eigenvalue weighted by Crippen LogP contribution is -2.33. The van der Waals surface area contributed by atoms with Crippen molar-refractivity contribution in [1.29, 1.82) is 0 Å². The van der Waals surface area contributed by atoms with Crippen LogP contribution >= 0.6 is 0 Å². The highest BCUT2D eigenvalue weighted by atomic mass is 14.9. The summed E-state index contributed by atoms with van der Waals surface area (Å²) in [6.07, 6.45) is 7.37. The Morgan fingerprint density at radius 3 is 2.50 bits per heavy atom. The van der Waals surface area contributed by atoms with E-state index >= 15 is 0 Å². The van der Waals surface area contributed by atoms with Crippen molar-refractivity contribution in [3.63, 3.8) is 0 Å². The largest absolute Gasteiger partial charge is 0.316 e. The Balaban J connectivity index is 1.83. The second-order valence-corrected chi connectivity index (χ2v) is 7.20. The Kier molecular flexibility index (Phi) is 3.36. The summed E-state index contributed by atoms with van der Waals surface area (Å²) in [7, 11) is 0. The minimum atomic E-state index is 0.607. The van der Waals surface area contributed by atoms with Crippen molar-refractivity contribution in [2.45, 2.75) is 59.8 Å². The van der Waals surface area contributed by atoms with Crippen LogP contribution in [-0.4, -0.2) is 13.1 Å². The van der Waals surface area contributed by atoms with E-state index in [4.69, 9.17) is 0 Å². The van der Waals surface area contributed by atoms with E-state index in [9.17, 15) is 0 Å². The van der Waals surface area contributed by atoms with E-state index in [-0.39, 0.29) is 0 Å². The lowest BCUT2D eigenvalue weighted by molar-refractivity contribution is 0.0979. The van der Waals surface area contributed by atoms with Crippen LogP contribution in [0.25, 0.3) is 0 Å². The Morgan fingerprint density at radius 2 is 1.88 bits per heavy atom. The molecule has 1 heteroatoms. The lowest BCUT2D eigenvalue weighted by atomic mass is 9.65. The highest BCUT2D eigenvalue weighted by molar-refractivity contribution is 5.12. The molecule has 94 valence electrons. The zero-order chi connectivity index (χ0) is 11.8. The molecule has 0 aromatic rings. The molecule has 2 rings (SSSR count). The van der Waals surface area contributed by atoms with Crippen molar-refractivity contribution in [1.82, 2.24) is 5.32 Å². The normalized spacial score (nSPS) is 36.9. The molecule has 0 bridgehead atoms. The SMILES string of the molecule is CC(C)CNCC1CC12CCCCC2(C)C. The predicted octanol–water partition coefficient (Wildman–Crippen LogP) is 3.84. The third-order valence-corrected chi connectivity index (χ3v) is 5.20. The maximum Gasteiger partial charge on any atom is -0.00147 e. The Bertz CT molecular complexity index is 244. The van der Waals surface area contributed by atoms with Gasteiger partial charge >= 0.3 is 0 Å². The minimum absolute atomic E-state index is 0.607. The first-order chi connectivity index (χ1) is 7.48. The van der Waals surface area contributed by atoms with Crippen LogP contribution in [0, 0.1) is 22.7 Å². The van der Waals surface area contributed by atoms with E-state index in [1.807, 2.05) is 0 Å². The number of hydrogen-bond donors (Lipinski definition) is 1. The molecule has 16 heavy (non-hydrogen) atoms. The Hall–Kier alpha value is -0.0400. The van der Waals surface area contributed by atoms with Crippen molar-refractivity contribution in [2.75, 3.05) is 13.1 Å².